The standard InChI is InChI=1S/C10H13BrN2O/c11-9-3-2-8(6-10(9)12)7-13-4-1-5-14-13/h2-3,6H,1,4-5,7,12H2. The van der Waals surface area contributed by atoms with Crippen molar-refractivity contribution in [2.45, 2.75) is 13.0 Å². The van der Waals surface area contributed by atoms with Crippen molar-refractivity contribution in [1.82, 2.24) is 5.06 Å². The van der Waals surface area contributed by atoms with Crippen LogP contribution in [0.5, 0.6) is 0 Å². The number of benzene rings is 1. The van der Waals surface area contributed by atoms with Gasteiger partial charge in [-0.05, 0) is 40.0 Å². The molecule has 3 nitrogen and oxygen atoms in total. The van der Waals surface area contributed by atoms with Gasteiger partial charge >= 0.3 is 0 Å². The second kappa shape index (κ2) is 4.29. The fraction of sp³-hybridized carbons (Fsp3) is 0.400. The SMILES string of the molecule is Nc1cc(CN2CCCO2)ccc1Br. The first-order valence-electron chi connectivity index (χ1n) is 4.67. The highest BCUT2D eigenvalue weighted by molar-refractivity contribution is 9.10. The molecule has 0 aliphatic carbocycles. The number of nitrogens with two attached hydrogens (primary N) is 1. The van der Waals surface area contributed by atoms with Gasteiger partial charge in [-0.3, -0.25) is 4.84 Å². The van der Waals surface area contributed by atoms with Gasteiger partial charge in [0.1, 0.15) is 0 Å². The third-order valence-electron chi connectivity index (χ3n) is 2.25. The van der Waals surface area contributed by atoms with Crippen LogP contribution in [0.3, 0.4) is 0 Å². The number of nitrogens with zero attached hydrogens (tertiary/aromatic N) is 1. The molecule has 0 bridgehead atoms. The first-order valence-corrected chi connectivity index (χ1v) is 5.47. The quantitative estimate of drug-likeness (QED) is 0.825. The molecule has 1 aromatic rings. The first-order chi connectivity index (χ1) is 6.75. The fourth-order valence-corrected chi connectivity index (χ4v) is 1.77. The predicted molar refractivity (Wildman–Crippen MR) is 59.5 cm³/mol. The largest absolute Gasteiger partial charge is 0.398 e. The fourth-order valence-electron chi connectivity index (χ4n) is 1.52. The number of hydrogen-bond acceptors (Lipinski definition) is 3. The zero-order chi connectivity index (χ0) is 9.97. The summed E-state index contributed by atoms with van der Waals surface area (Å²) in [5, 5.41) is 1.97. The molecular formula is C10H13BrN2O. The molecule has 4 heteroatoms. The van der Waals surface area contributed by atoms with Crippen LogP contribution < -0.4 is 5.73 Å². The van der Waals surface area contributed by atoms with E-state index < -0.39 is 0 Å². The van der Waals surface area contributed by atoms with Gasteiger partial charge in [0.05, 0.1) is 6.61 Å². The molecule has 0 radical (unpaired) electrons. The van der Waals surface area contributed by atoms with Crippen molar-refractivity contribution in [2.75, 3.05) is 18.9 Å². The van der Waals surface area contributed by atoms with Crippen molar-refractivity contribution in [3.63, 3.8) is 0 Å². The molecule has 1 aromatic carbocycles. The van der Waals surface area contributed by atoms with Gasteiger partial charge in [0, 0.05) is 23.2 Å². The first kappa shape index (κ1) is 9.96. The highest BCUT2D eigenvalue weighted by atomic mass is 79.9. The zero-order valence-corrected chi connectivity index (χ0v) is 9.46. The normalized spacial score (nSPS) is 17.5. The van der Waals surface area contributed by atoms with E-state index in [0.717, 1.165) is 36.3 Å². The Morgan fingerprint density at radius 1 is 1.50 bits per heavy atom. The third-order valence-corrected chi connectivity index (χ3v) is 2.97. The van der Waals surface area contributed by atoms with E-state index in [0.29, 0.717) is 0 Å². The second-order valence-corrected chi connectivity index (χ2v) is 4.26. The maximum Gasteiger partial charge on any atom is 0.0698 e. The van der Waals surface area contributed by atoms with E-state index in [4.69, 9.17) is 10.6 Å². The number of hydrogen-bond donors (Lipinski definition) is 1. The molecule has 0 spiro atoms. The van der Waals surface area contributed by atoms with Crippen molar-refractivity contribution in [3.05, 3.63) is 28.2 Å². The van der Waals surface area contributed by atoms with Gasteiger partial charge in [-0.25, -0.2) is 0 Å². The minimum absolute atomic E-state index is 0.779. The van der Waals surface area contributed by atoms with Gasteiger partial charge in [0.2, 0.25) is 0 Å². The van der Waals surface area contributed by atoms with Crippen LogP contribution in [0, 0.1) is 0 Å². The van der Waals surface area contributed by atoms with Crippen molar-refractivity contribution in [3.8, 4) is 0 Å². The molecular weight excluding hydrogens is 244 g/mol. The van der Waals surface area contributed by atoms with E-state index >= 15 is 0 Å². The second-order valence-electron chi connectivity index (χ2n) is 3.41. The average Bonchev–Trinajstić information content (AvgIpc) is 2.64. The Labute approximate surface area is 91.9 Å². The molecule has 0 unspecified atom stereocenters. The van der Waals surface area contributed by atoms with Crippen molar-refractivity contribution >= 4 is 21.6 Å². The highest BCUT2D eigenvalue weighted by Crippen LogP contribution is 2.21. The van der Waals surface area contributed by atoms with Crippen molar-refractivity contribution < 1.29 is 4.84 Å². The lowest BCUT2D eigenvalue weighted by atomic mass is 10.2. The van der Waals surface area contributed by atoms with Gasteiger partial charge in [-0.1, -0.05) is 6.07 Å². The van der Waals surface area contributed by atoms with E-state index in [9.17, 15) is 0 Å². The smallest absolute Gasteiger partial charge is 0.0698 e. The summed E-state index contributed by atoms with van der Waals surface area (Å²) in [6, 6.07) is 6.01. The van der Waals surface area contributed by atoms with E-state index in [1.807, 2.05) is 17.2 Å². The summed E-state index contributed by atoms with van der Waals surface area (Å²) in [4.78, 5) is 5.41. The maximum absolute atomic E-state index is 5.79. The lowest BCUT2D eigenvalue weighted by Crippen LogP contribution is -2.16. The molecule has 2 N–H and O–H groups in total. The molecule has 2 rings (SSSR count). The minimum atomic E-state index is 0.779. The van der Waals surface area contributed by atoms with Crippen molar-refractivity contribution in [2.24, 2.45) is 0 Å². The monoisotopic (exact) mass is 256 g/mol. The van der Waals surface area contributed by atoms with Crippen LogP contribution in [0.15, 0.2) is 22.7 Å². The summed E-state index contributed by atoms with van der Waals surface area (Å²) in [6.07, 6.45) is 1.12. The van der Waals surface area contributed by atoms with Crippen LogP contribution in [0.4, 0.5) is 5.69 Å². The topological polar surface area (TPSA) is 38.5 Å². The van der Waals surface area contributed by atoms with Crippen LogP contribution in [0.1, 0.15) is 12.0 Å². The summed E-state index contributed by atoms with van der Waals surface area (Å²) in [5.41, 5.74) is 7.76. The summed E-state index contributed by atoms with van der Waals surface area (Å²) in [7, 11) is 0. The number of halogens is 1. The molecule has 0 saturated carbocycles. The van der Waals surface area contributed by atoms with Crippen LogP contribution >= 0.6 is 15.9 Å². The van der Waals surface area contributed by atoms with Gasteiger partial charge < -0.3 is 5.73 Å². The summed E-state index contributed by atoms with van der Waals surface area (Å²) in [6.45, 7) is 2.67. The maximum atomic E-state index is 5.79. The molecule has 1 aliphatic rings. The molecule has 1 saturated heterocycles. The Kier molecular flexibility index (Phi) is 3.05. The minimum Gasteiger partial charge on any atom is -0.398 e. The van der Waals surface area contributed by atoms with E-state index in [2.05, 4.69) is 22.0 Å². The molecule has 1 aliphatic heterocycles. The Hall–Kier alpha value is -0.580. The number of hydroxylamine groups is 2. The third kappa shape index (κ3) is 2.26. The summed E-state index contributed by atoms with van der Waals surface area (Å²) in [5.74, 6) is 0. The molecule has 76 valence electrons. The van der Waals surface area contributed by atoms with E-state index in [-0.39, 0.29) is 0 Å². The summed E-state index contributed by atoms with van der Waals surface area (Å²) >= 11 is 3.37. The number of rotatable bonds is 2. The van der Waals surface area contributed by atoms with Crippen LogP contribution in [0.2, 0.25) is 0 Å². The Balaban J connectivity index is 2.05. The van der Waals surface area contributed by atoms with Crippen molar-refractivity contribution in [1.29, 1.82) is 0 Å². The number of nitrogen functional groups attached to an aromatic ring is 1. The van der Waals surface area contributed by atoms with Gasteiger partial charge in [-0.15, -0.1) is 0 Å². The zero-order valence-electron chi connectivity index (χ0n) is 7.87. The molecule has 0 amide bonds. The lowest BCUT2D eigenvalue weighted by molar-refractivity contribution is -0.117. The molecule has 0 aromatic heterocycles. The Morgan fingerprint density at radius 2 is 2.36 bits per heavy atom. The Bertz CT molecular complexity index is 324. The molecule has 14 heavy (non-hydrogen) atoms. The Morgan fingerprint density at radius 3 is 3.00 bits per heavy atom. The summed E-state index contributed by atoms with van der Waals surface area (Å²) < 4.78 is 0.948. The molecule has 1 heterocycles. The lowest BCUT2D eigenvalue weighted by Gasteiger charge is -2.13. The van der Waals surface area contributed by atoms with Gasteiger partial charge in [-0.2, -0.15) is 5.06 Å². The van der Waals surface area contributed by atoms with Crippen LogP contribution in [-0.2, 0) is 11.4 Å². The van der Waals surface area contributed by atoms with Crippen LogP contribution in [-0.4, -0.2) is 18.2 Å². The van der Waals surface area contributed by atoms with E-state index in [1.54, 1.807) is 0 Å². The van der Waals surface area contributed by atoms with Gasteiger partial charge in [0.25, 0.3) is 0 Å². The highest BCUT2D eigenvalue weighted by Gasteiger charge is 2.12. The average molecular weight is 257 g/mol. The van der Waals surface area contributed by atoms with E-state index in [1.165, 1.54) is 5.56 Å². The molecule has 0 atom stereocenters. The van der Waals surface area contributed by atoms with Crippen LogP contribution in [0.25, 0.3) is 0 Å². The number of anilines is 1. The molecule has 1 fully saturated rings. The van der Waals surface area contributed by atoms with Gasteiger partial charge in [0.15, 0.2) is 0 Å². The predicted octanol–water partition coefficient (Wildman–Crippen LogP) is 2.17.